The summed E-state index contributed by atoms with van der Waals surface area (Å²) < 4.78 is 10.3. The fraction of sp³-hybridized carbons (Fsp3) is 0.286. The smallest absolute Gasteiger partial charge is 0.338 e. The molecule has 0 atom stereocenters. The summed E-state index contributed by atoms with van der Waals surface area (Å²) in [6.07, 6.45) is 2.23. The van der Waals surface area contributed by atoms with Gasteiger partial charge in [-0.25, -0.2) is 4.79 Å². The van der Waals surface area contributed by atoms with Crippen molar-refractivity contribution in [3.8, 4) is 17.6 Å². The van der Waals surface area contributed by atoms with Crippen molar-refractivity contribution in [2.24, 2.45) is 0 Å². The average Bonchev–Trinajstić information content (AvgIpc) is 2.67. The van der Waals surface area contributed by atoms with Crippen molar-refractivity contribution in [2.45, 2.75) is 26.2 Å². The summed E-state index contributed by atoms with van der Waals surface area (Å²) >= 11 is 0. The highest BCUT2D eigenvalue weighted by Gasteiger charge is 2.14. The van der Waals surface area contributed by atoms with Crippen molar-refractivity contribution in [3.63, 3.8) is 0 Å². The van der Waals surface area contributed by atoms with Gasteiger partial charge in [-0.1, -0.05) is 11.8 Å². The zero-order chi connectivity index (χ0) is 19.6. The number of carbonyl (C=O) groups excluding carboxylic acids is 1. The number of methoxy groups -OCH3 is 1. The van der Waals surface area contributed by atoms with Gasteiger partial charge >= 0.3 is 5.97 Å². The minimum Gasteiger partial charge on any atom is -0.497 e. The van der Waals surface area contributed by atoms with Crippen LogP contribution in [0.3, 0.4) is 0 Å². The molecule has 6 heteroatoms. The maximum atomic E-state index is 12.0. The number of esters is 1. The molecule has 0 aliphatic rings. The Morgan fingerprint density at radius 2 is 1.89 bits per heavy atom. The highest BCUT2D eigenvalue weighted by molar-refractivity contribution is 5.90. The van der Waals surface area contributed by atoms with E-state index in [0.717, 1.165) is 17.7 Å². The van der Waals surface area contributed by atoms with Gasteiger partial charge in [-0.2, -0.15) is 0 Å². The zero-order valence-corrected chi connectivity index (χ0v) is 15.4. The van der Waals surface area contributed by atoms with E-state index in [1.54, 1.807) is 14.0 Å². The molecule has 0 saturated carbocycles. The van der Waals surface area contributed by atoms with E-state index in [1.807, 2.05) is 24.3 Å². The summed E-state index contributed by atoms with van der Waals surface area (Å²) in [4.78, 5) is 22.3. The molecular weight excluding hydrogens is 346 g/mol. The van der Waals surface area contributed by atoms with Crippen LogP contribution in [0.2, 0.25) is 0 Å². The lowest BCUT2D eigenvalue weighted by atomic mass is 10.1. The van der Waals surface area contributed by atoms with Crippen LogP contribution < -0.4 is 4.74 Å². The molecule has 0 aromatic heterocycles. The van der Waals surface area contributed by atoms with Crippen LogP contribution in [0, 0.1) is 28.9 Å². The molecule has 6 nitrogen and oxygen atoms in total. The predicted octanol–water partition coefficient (Wildman–Crippen LogP) is 4.29. The predicted molar refractivity (Wildman–Crippen MR) is 102 cm³/mol. The molecule has 0 aliphatic heterocycles. The number of nitrogens with zero attached hydrogens (tertiary/aromatic N) is 1. The summed E-state index contributed by atoms with van der Waals surface area (Å²) in [6.45, 7) is 1.88. The number of ether oxygens (including phenoxy) is 2. The number of nitro benzene ring substituents is 1. The minimum atomic E-state index is -0.475. The second-order valence-corrected chi connectivity index (χ2v) is 5.88. The lowest BCUT2D eigenvalue weighted by Gasteiger charge is -2.05. The fourth-order valence-corrected chi connectivity index (χ4v) is 2.39. The van der Waals surface area contributed by atoms with Gasteiger partial charge in [0.15, 0.2) is 0 Å². The van der Waals surface area contributed by atoms with E-state index in [0.29, 0.717) is 30.6 Å². The first-order valence-corrected chi connectivity index (χ1v) is 8.56. The largest absolute Gasteiger partial charge is 0.497 e. The summed E-state index contributed by atoms with van der Waals surface area (Å²) in [5.74, 6) is 6.48. The van der Waals surface area contributed by atoms with Crippen LogP contribution in [0.1, 0.15) is 40.7 Å². The minimum absolute atomic E-state index is 0.0121. The maximum Gasteiger partial charge on any atom is 0.338 e. The molecule has 0 bridgehead atoms. The van der Waals surface area contributed by atoms with Crippen LogP contribution in [-0.4, -0.2) is 24.6 Å². The van der Waals surface area contributed by atoms with Gasteiger partial charge in [0.25, 0.3) is 5.69 Å². The molecule has 2 aromatic carbocycles. The van der Waals surface area contributed by atoms with Crippen molar-refractivity contribution >= 4 is 11.7 Å². The Balaban J connectivity index is 1.71. The number of nitro groups is 1. The van der Waals surface area contributed by atoms with Crippen LogP contribution in [0.4, 0.5) is 5.69 Å². The lowest BCUT2D eigenvalue weighted by molar-refractivity contribution is -0.385. The summed E-state index contributed by atoms with van der Waals surface area (Å²) in [7, 11) is 1.62. The quantitative estimate of drug-likeness (QED) is 0.240. The molecule has 0 radical (unpaired) electrons. The van der Waals surface area contributed by atoms with E-state index in [2.05, 4.69) is 11.8 Å². The molecule has 0 spiro atoms. The summed E-state index contributed by atoms with van der Waals surface area (Å²) in [6, 6.07) is 11.7. The summed E-state index contributed by atoms with van der Waals surface area (Å²) in [5, 5.41) is 10.8. The molecule has 2 aromatic rings. The maximum absolute atomic E-state index is 12.0. The van der Waals surface area contributed by atoms with Crippen LogP contribution in [-0.2, 0) is 4.74 Å². The first kappa shape index (κ1) is 20.0. The SMILES string of the molecule is COc1ccc(C#CCCCCOC(=O)c2ccc([N+](=O)[O-])c(C)c2)cc1. The Labute approximate surface area is 158 Å². The van der Waals surface area contributed by atoms with E-state index in [4.69, 9.17) is 9.47 Å². The van der Waals surface area contributed by atoms with Crippen LogP contribution in [0.25, 0.3) is 0 Å². The standard InChI is InChI=1S/C21H21NO5/c1-16-15-18(10-13-20(16)22(24)25)21(23)27-14-6-4-3-5-7-17-8-11-19(26-2)12-9-17/h8-13,15H,3-4,6,14H2,1-2H3. The Kier molecular flexibility index (Phi) is 7.38. The number of hydrogen-bond donors (Lipinski definition) is 0. The van der Waals surface area contributed by atoms with Crippen molar-refractivity contribution in [3.05, 3.63) is 69.3 Å². The Morgan fingerprint density at radius 3 is 2.52 bits per heavy atom. The highest BCUT2D eigenvalue weighted by atomic mass is 16.6. The molecule has 0 aliphatic carbocycles. The number of benzene rings is 2. The molecule has 0 amide bonds. The van der Waals surface area contributed by atoms with Crippen LogP contribution >= 0.6 is 0 Å². The average molecular weight is 367 g/mol. The number of carbonyl (C=O) groups is 1. The van der Waals surface area contributed by atoms with Crippen LogP contribution in [0.5, 0.6) is 5.75 Å². The van der Waals surface area contributed by atoms with E-state index in [9.17, 15) is 14.9 Å². The molecule has 0 saturated heterocycles. The zero-order valence-electron chi connectivity index (χ0n) is 15.4. The molecule has 0 fully saturated rings. The van der Waals surface area contributed by atoms with Gasteiger partial charge in [-0.3, -0.25) is 10.1 Å². The van der Waals surface area contributed by atoms with Gasteiger partial charge in [0.1, 0.15) is 5.75 Å². The van der Waals surface area contributed by atoms with Gasteiger partial charge in [0.05, 0.1) is 24.2 Å². The normalized spacial score (nSPS) is 9.85. The number of hydrogen-bond acceptors (Lipinski definition) is 5. The summed E-state index contributed by atoms with van der Waals surface area (Å²) in [5.41, 5.74) is 1.67. The van der Waals surface area contributed by atoms with Crippen LogP contribution in [0.15, 0.2) is 42.5 Å². The number of unbranched alkanes of at least 4 members (excludes halogenated alkanes) is 2. The highest BCUT2D eigenvalue weighted by Crippen LogP contribution is 2.19. The van der Waals surface area contributed by atoms with E-state index in [1.165, 1.54) is 18.2 Å². The van der Waals surface area contributed by atoms with Gasteiger partial charge in [0, 0.05) is 23.6 Å². The van der Waals surface area contributed by atoms with Gasteiger partial charge in [-0.05, 0) is 56.2 Å². The van der Waals surface area contributed by atoms with Crippen molar-refractivity contribution in [2.75, 3.05) is 13.7 Å². The molecule has 27 heavy (non-hydrogen) atoms. The van der Waals surface area contributed by atoms with Crippen molar-refractivity contribution in [1.29, 1.82) is 0 Å². The molecule has 2 rings (SSSR count). The third kappa shape index (κ3) is 6.15. The molecular formula is C21H21NO5. The number of rotatable bonds is 7. The Morgan fingerprint density at radius 1 is 1.15 bits per heavy atom. The van der Waals surface area contributed by atoms with Crippen molar-refractivity contribution < 1.29 is 19.2 Å². The molecule has 0 unspecified atom stereocenters. The number of aryl methyl sites for hydroxylation is 1. The molecule has 140 valence electrons. The topological polar surface area (TPSA) is 78.7 Å². The molecule has 0 N–H and O–H groups in total. The first-order valence-electron chi connectivity index (χ1n) is 8.56. The van der Waals surface area contributed by atoms with Gasteiger partial charge in [-0.15, -0.1) is 0 Å². The second-order valence-electron chi connectivity index (χ2n) is 5.88. The van der Waals surface area contributed by atoms with E-state index in [-0.39, 0.29) is 5.69 Å². The third-order valence-corrected chi connectivity index (χ3v) is 3.88. The molecule has 0 heterocycles. The van der Waals surface area contributed by atoms with Crippen molar-refractivity contribution in [1.82, 2.24) is 0 Å². The lowest BCUT2D eigenvalue weighted by Crippen LogP contribution is -2.07. The fourth-order valence-electron chi connectivity index (χ4n) is 2.39. The van der Waals surface area contributed by atoms with Gasteiger partial charge in [0.2, 0.25) is 0 Å². The van der Waals surface area contributed by atoms with E-state index >= 15 is 0 Å². The first-order chi connectivity index (χ1) is 13.0. The van der Waals surface area contributed by atoms with E-state index < -0.39 is 10.9 Å². The Hall–Kier alpha value is -3.33. The monoisotopic (exact) mass is 367 g/mol. The Bertz CT molecular complexity index is 862. The third-order valence-electron chi connectivity index (χ3n) is 3.88. The van der Waals surface area contributed by atoms with Gasteiger partial charge < -0.3 is 9.47 Å². The second kappa shape index (κ2) is 9.97.